The molecule has 8 nitrogen and oxygen atoms in total. The molecule has 2 rings (SSSR count). The molecule has 25 heavy (non-hydrogen) atoms. The fourth-order valence-corrected chi connectivity index (χ4v) is 2.73. The van der Waals surface area contributed by atoms with Crippen molar-refractivity contribution in [3.63, 3.8) is 0 Å². The van der Waals surface area contributed by atoms with E-state index in [2.05, 4.69) is 5.10 Å². The van der Waals surface area contributed by atoms with Crippen LogP contribution in [-0.2, 0) is 9.47 Å². The number of carbonyl (C=O) groups excluding carboxylic acids is 2. The predicted molar refractivity (Wildman–Crippen MR) is 89.0 cm³/mol. The van der Waals surface area contributed by atoms with Gasteiger partial charge in [0.2, 0.25) is 0 Å². The van der Waals surface area contributed by atoms with Gasteiger partial charge < -0.3 is 14.4 Å². The summed E-state index contributed by atoms with van der Waals surface area (Å²) in [6.45, 7) is 8.47. The second-order valence-electron chi connectivity index (χ2n) is 6.88. The summed E-state index contributed by atoms with van der Waals surface area (Å²) < 4.78 is 11.9. The Morgan fingerprint density at radius 3 is 2.52 bits per heavy atom. The van der Waals surface area contributed by atoms with Crippen molar-refractivity contribution in [3.8, 4) is 6.07 Å². The number of hydrogen-bond acceptors (Lipinski definition) is 6. The lowest BCUT2D eigenvalue weighted by atomic mass is 10.1. The molecule has 1 fully saturated rings. The van der Waals surface area contributed by atoms with Crippen molar-refractivity contribution in [1.29, 1.82) is 5.26 Å². The Balaban J connectivity index is 2.05. The van der Waals surface area contributed by atoms with E-state index in [1.807, 2.05) is 26.8 Å². The number of nitrogens with zero attached hydrogens (tertiary/aromatic N) is 4. The standard InChI is InChI=1S/C17H24N4O4/c1-5-24-15(22)13-11-19-21(14(13)10-18)12-6-8-20(9-7-12)16(23)25-17(2,3)4/h11-12H,5-9H2,1-4H3. The summed E-state index contributed by atoms with van der Waals surface area (Å²) in [6.07, 6.45) is 2.31. The van der Waals surface area contributed by atoms with Crippen molar-refractivity contribution in [3.05, 3.63) is 17.5 Å². The molecule has 0 saturated carbocycles. The Labute approximate surface area is 147 Å². The molecule has 0 N–H and O–H groups in total. The molecule has 1 aromatic rings. The van der Waals surface area contributed by atoms with Gasteiger partial charge in [-0.05, 0) is 40.5 Å². The van der Waals surface area contributed by atoms with Crippen LogP contribution in [0.1, 0.15) is 62.6 Å². The van der Waals surface area contributed by atoms with E-state index < -0.39 is 11.6 Å². The molecule has 0 spiro atoms. The number of esters is 1. The van der Waals surface area contributed by atoms with E-state index in [0.29, 0.717) is 25.9 Å². The Morgan fingerprint density at radius 2 is 2.00 bits per heavy atom. The van der Waals surface area contributed by atoms with Gasteiger partial charge in [0.25, 0.3) is 0 Å². The average Bonchev–Trinajstić information content (AvgIpc) is 2.97. The molecule has 0 aliphatic carbocycles. The van der Waals surface area contributed by atoms with Gasteiger partial charge in [0.1, 0.15) is 17.2 Å². The zero-order valence-corrected chi connectivity index (χ0v) is 15.1. The lowest BCUT2D eigenvalue weighted by molar-refractivity contribution is 0.0184. The number of amides is 1. The van der Waals surface area contributed by atoms with Crippen LogP contribution in [0.25, 0.3) is 0 Å². The van der Waals surface area contributed by atoms with Crippen molar-refractivity contribution in [2.75, 3.05) is 19.7 Å². The lowest BCUT2D eigenvalue weighted by Crippen LogP contribution is -2.42. The van der Waals surface area contributed by atoms with E-state index in [9.17, 15) is 14.9 Å². The zero-order chi connectivity index (χ0) is 18.6. The predicted octanol–water partition coefficient (Wildman–Crippen LogP) is 2.50. The van der Waals surface area contributed by atoms with Gasteiger partial charge in [-0.1, -0.05) is 0 Å². The molecule has 1 aromatic heterocycles. The maximum Gasteiger partial charge on any atom is 0.410 e. The first-order valence-electron chi connectivity index (χ1n) is 8.39. The topological polar surface area (TPSA) is 97.5 Å². The molecule has 1 saturated heterocycles. The van der Waals surface area contributed by atoms with Gasteiger partial charge in [0.15, 0.2) is 5.69 Å². The molecule has 0 radical (unpaired) electrons. The molecule has 1 aliphatic heterocycles. The Kier molecular flexibility index (Phi) is 5.67. The van der Waals surface area contributed by atoms with E-state index in [-0.39, 0.29) is 30.0 Å². The quantitative estimate of drug-likeness (QED) is 0.779. The number of aromatic nitrogens is 2. The van der Waals surface area contributed by atoms with Crippen molar-refractivity contribution in [2.24, 2.45) is 0 Å². The molecule has 1 amide bonds. The molecular weight excluding hydrogens is 324 g/mol. The fourth-order valence-electron chi connectivity index (χ4n) is 2.73. The first kappa shape index (κ1) is 18.8. The highest BCUT2D eigenvalue weighted by Gasteiger charge is 2.30. The lowest BCUT2D eigenvalue weighted by Gasteiger charge is -2.33. The monoisotopic (exact) mass is 348 g/mol. The van der Waals surface area contributed by atoms with Gasteiger partial charge in [0, 0.05) is 13.1 Å². The number of piperidine rings is 1. The molecule has 8 heteroatoms. The van der Waals surface area contributed by atoms with Crippen LogP contribution in [0.15, 0.2) is 6.20 Å². The first-order valence-corrected chi connectivity index (χ1v) is 8.39. The summed E-state index contributed by atoms with van der Waals surface area (Å²) in [5.74, 6) is -0.545. The number of hydrogen-bond donors (Lipinski definition) is 0. The van der Waals surface area contributed by atoms with Crippen LogP contribution in [0.2, 0.25) is 0 Å². The molecule has 0 bridgehead atoms. The van der Waals surface area contributed by atoms with Crippen LogP contribution < -0.4 is 0 Å². The third-order valence-corrected chi connectivity index (χ3v) is 3.86. The Bertz CT molecular complexity index is 676. The highest BCUT2D eigenvalue weighted by atomic mass is 16.6. The SMILES string of the molecule is CCOC(=O)c1cnn(C2CCN(C(=O)OC(C)(C)C)CC2)c1C#N. The molecular formula is C17H24N4O4. The number of nitriles is 1. The third-order valence-electron chi connectivity index (χ3n) is 3.86. The first-order chi connectivity index (χ1) is 11.8. The minimum atomic E-state index is -0.545. The molecule has 0 aromatic carbocycles. The second kappa shape index (κ2) is 7.55. The summed E-state index contributed by atoms with van der Waals surface area (Å²) in [5.41, 5.74) is -0.147. The van der Waals surface area contributed by atoms with Gasteiger partial charge in [-0.15, -0.1) is 0 Å². The molecule has 2 heterocycles. The van der Waals surface area contributed by atoms with Crippen LogP contribution in [-0.4, -0.2) is 52.0 Å². The summed E-state index contributed by atoms with van der Waals surface area (Å²) >= 11 is 0. The van der Waals surface area contributed by atoms with E-state index in [1.165, 1.54) is 6.20 Å². The second-order valence-corrected chi connectivity index (χ2v) is 6.88. The van der Waals surface area contributed by atoms with E-state index in [0.717, 1.165) is 0 Å². The Hall–Kier alpha value is -2.56. The van der Waals surface area contributed by atoms with Crippen LogP contribution >= 0.6 is 0 Å². The summed E-state index contributed by atoms with van der Waals surface area (Å²) in [4.78, 5) is 25.7. The number of ether oxygens (including phenoxy) is 2. The number of rotatable bonds is 3. The average molecular weight is 348 g/mol. The highest BCUT2D eigenvalue weighted by molar-refractivity contribution is 5.91. The highest BCUT2D eigenvalue weighted by Crippen LogP contribution is 2.26. The van der Waals surface area contributed by atoms with Gasteiger partial charge >= 0.3 is 12.1 Å². The van der Waals surface area contributed by atoms with Crippen LogP contribution in [0.4, 0.5) is 4.79 Å². The van der Waals surface area contributed by atoms with E-state index >= 15 is 0 Å². The minimum absolute atomic E-state index is 0.0449. The maximum absolute atomic E-state index is 12.1. The van der Waals surface area contributed by atoms with Gasteiger partial charge in [-0.2, -0.15) is 10.4 Å². The fraction of sp³-hybridized carbons (Fsp3) is 0.647. The summed E-state index contributed by atoms with van der Waals surface area (Å²) in [5, 5.41) is 13.6. The van der Waals surface area contributed by atoms with Crippen molar-refractivity contribution in [1.82, 2.24) is 14.7 Å². The van der Waals surface area contributed by atoms with Crippen LogP contribution in [0.3, 0.4) is 0 Å². The van der Waals surface area contributed by atoms with Crippen molar-refractivity contribution >= 4 is 12.1 Å². The number of carbonyl (C=O) groups is 2. The van der Waals surface area contributed by atoms with Crippen molar-refractivity contribution < 1.29 is 19.1 Å². The molecule has 0 unspecified atom stereocenters. The number of likely N-dealkylation sites (tertiary alicyclic amines) is 1. The van der Waals surface area contributed by atoms with E-state index in [4.69, 9.17) is 9.47 Å². The summed E-state index contributed by atoms with van der Waals surface area (Å²) in [6, 6.07) is 2.00. The van der Waals surface area contributed by atoms with Crippen LogP contribution in [0, 0.1) is 11.3 Å². The van der Waals surface area contributed by atoms with Gasteiger partial charge in [0.05, 0.1) is 18.8 Å². The maximum atomic E-state index is 12.1. The molecule has 136 valence electrons. The normalized spacial score (nSPS) is 15.6. The summed E-state index contributed by atoms with van der Waals surface area (Å²) in [7, 11) is 0. The smallest absolute Gasteiger partial charge is 0.410 e. The van der Waals surface area contributed by atoms with Crippen molar-refractivity contribution in [2.45, 2.75) is 52.2 Å². The van der Waals surface area contributed by atoms with E-state index in [1.54, 1.807) is 16.5 Å². The Morgan fingerprint density at radius 1 is 1.36 bits per heavy atom. The van der Waals surface area contributed by atoms with Gasteiger partial charge in [-0.3, -0.25) is 4.68 Å². The third kappa shape index (κ3) is 4.50. The zero-order valence-electron chi connectivity index (χ0n) is 15.1. The van der Waals surface area contributed by atoms with Gasteiger partial charge in [-0.25, -0.2) is 9.59 Å². The molecule has 0 atom stereocenters. The van der Waals surface area contributed by atoms with Crippen LogP contribution in [0.5, 0.6) is 0 Å². The minimum Gasteiger partial charge on any atom is -0.462 e. The molecule has 1 aliphatic rings. The largest absolute Gasteiger partial charge is 0.462 e.